The van der Waals surface area contributed by atoms with Crippen LogP contribution in [0.25, 0.3) is 0 Å². The Morgan fingerprint density at radius 1 is 1.29 bits per heavy atom. The second-order valence-corrected chi connectivity index (χ2v) is 4.92. The fourth-order valence-electron chi connectivity index (χ4n) is 2.71. The summed E-state index contributed by atoms with van der Waals surface area (Å²) in [7, 11) is 2.13. The van der Waals surface area contributed by atoms with Crippen LogP contribution in [0.2, 0.25) is 0 Å². The lowest BCUT2D eigenvalue weighted by Crippen LogP contribution is -2.31. The fraction of sp³-hybridized carbons (Fsp3) is 0.643. The average Bonchev–Trinajstić information content (AvgIpc) is 2.66. The molecule has 0 radical (unpaired) electrons. The molecule has 0 atom stereocenters. The molecule has 0 saturated heterocycles. The van der Waals surface area contributed by atoms with Crippen LogP contribution in [0.5, 0.6) is 0 Å². The van der Waals surface area contributed by atoms with Gasteiger partial charge in [0.05, 0.1) is 18.5 Å². The van der Waals surface area contributed by atoms with Gasteiger partial charge in [-0.2, -0.15) is 0 Å². The van der Waals surface area contributed by atoms with E-state index in [4.69, 9.17) is 0 Å². The number of aromatic nitrogens is 1. The largest absolute Gasteiger partial charge is 0.392 e. The Bertz CT molecular complexity index is 346. The zero-order valence-electron chi connectivity index (χ0n) is 10.6. The molecule has 0 spiro atoms. The van der Waals surface area contributed by atoms with E-state index < -0.39 is 0 Å². The highest BCUT2D eigenvalue weighted by molar-refractivity contribution is 5.51. The minimum atomic E-state index is 0.0922. The maximum atomic E-state index is 9.37. The molecule has 1 aromatic rings. The van der Waals surface area contributed by atoms with E-state index in [0.717, 1.165) is 11.3 Å². The Labute approximate surface area is 103 Å². The van der Waals surface area contributed by atoms with Gasteiger partial charge in [-0.25, -0.2) is 0 Å². The highest BCUT2D eigenvalue weighted by Crippen LogP contribution is 2.27. The molecular weight excluding hydrogens is 212 g/mol. The third-order valence-electron chi connectivity index (χ3n) is 3.81. The highest BCUT2D eigenvalue weighted by Gasteiger charge is 2.19. The summed E-state index contributed by atoms with van der Waals surface area (Å²) < 4.78 is 0. The van der Waals surface area contributed by atoms with Gasteiger partial charge in [0.15, 0.2) is 0 Å². The van der Waals surface area contributed by atoms with Crippen LogP contribution < -0.4 is 4.90 Å². The summed E-state index contributed by atoms with van der Waals surface area (Å²) in [6.45, 7) is 0.0922. The first-order valence-electron chi connectivity index (χ1n) is 6.59. The Hall–Kier alpha value is -1.09. The Balaban J connectivity index is 2.14. The molecule has 1 aromatic heterocycles. The molecule has 3 heteroatoms. The summed E-state index contributed by atoms with van der Waals surface area (Å²) in [4.78, 5) is 6.49. The van der Waals surface area contributed by atoms with E-state index in [2.05, 4.69) is 16.9 Å². The zero-order valence-corrected chi connectivity index (χ0v) is 10.6. The van der Waals surface area contributed by atoms with Gasteiger partial charge in [-0.3, -0.25) is 4.98 Å². The third-order valence-corrected chi connectivity index (χ3v) is 3.81. The van der Waals surface area contributed by atoms with Gasteiger partial charge in [0.2, 0.25) is 0 Å². The van der Waals surface area contributed by atoms with E-state index in [1.54, 1.807) is 6.20 Å². The summed E-state index contributed by atoms with van der Waals surface area (Å²) in [6.07, 6.45) is 11.5. The lowest BCUT2D eigenvalue weighted by atomic mass is 10.1. The lowest BCUT2D eigenvalue weighted by Gasteiger charge is -2.30. The molecule has 1 heterocycles. The normalized spacial score (nSPS) is 17.8. The molecule has 1 aliphatic carbocycles. The van der Waals surface area contributed by atoms with Gasteiger partial charge < -0.3 is 10.0 Å². The van der Waals surface area contributed by atoms with Gasteiger partial charge in [-0.05, 0) is 18.9 Å². The smallest absolute Gasteiger partial charge is 0.0703 e. The molecular formula is C14H22N2O. The topological polar surface area (TPSA) is 36.4 Å². The molecule has 0 unspecified atom stereocenters. The van der Waals surface area contributed by atoms with Gasteiger partial charge in [0.25, 0.3) is 0 Å². The standard InChI is InChI=1S/C14H22N2O/c1-16(13-6-4-2-3-5-7-13)14-10-15-9-8-12(14)11-17/h8-10,13,17H,2-7,11H2,1H3. The van der Waals surface area contributed by atoms with Crippen LogP contribution in [0.3, 0.4) is 0 Å². The molecule has 0 bridgehead atoms. The van der Waals surface area contributed by atoms with E-state index in [1.807, 2.05) is 12.3 Å². The van der Waals surface area contributed by atoms with E-state index in [9.17, 15) is 5.11 Å². The van der Waals surface area contributed by atoms with Crippen molar-refractivity contribution in [2.45, 2.75) is 51.2 Å². The van der Waals surface area contributed by atoms with Crippen LogP contribution >= 0.6 is 0 Å². The van der Waals surface area contributed by atoms with Gasteiger partial charge in [0, 0.05) is 24.8 Å². The molecule has 3 nitrogen and oxygen atoms in total. The maximum absolute atomic E-state index is 9.37. The van der Waals surface area contributed by atoms with Crippen LogP contribution in [0.4, 0.5) is 5.69 Å². The summed E-state index contributed by atoms with van der Waals surface area (Å²) in [6, 6.07) is 2.51. The summed E-state index contributed by atoms with van der Waals surface area (Å²) >= 11 is 0. The van der Waals surface area contributed by atoms with E-state index in [-0.39, 0.29) is 6.61 Å². The Kier molecular flexibility index (Phi) is 4.37. The van der Waals surface area contributed by atoms with Crippen molar-refractivity contribution < 1.29 is 5.11 Å². The average molecular weight is 234 g/mol. The Morgan fingerprint density at radius 3 is 2.65 bits per heavy atom. The molecule has 0 aromatic carbocycles. The highest BCUT2D eigenvalue weighted by atomic mass is 16.3. The fourth-order valence-corrected chi connectivity index (χ4v) is 2.71. The number of aliphatic hydroxyl groups excluding tert-OH is 1. The van der Waals surface area contributed by atoms with Gasteiger partial charge >= 0.3 is 0 Å². The molecule has 2 rings (SSSR count). The second kappa shape index (κ2) is 6.01. The monoisotopic (exact) mass is 234 g/mol. The van der Waals surface area contributed by atoms with Gasteiger partial charge in [0.1, 0.15) is 0 Å². The number of aliphatic hydroxyl groups is 1. The number of hydrogen-bond donors (Lipinski definition) is 1. The molecule has 0 aliphatic heterocycles. The maximum Gasteiger partial charge on any atom is 0.0703 e. The molecule has 17 heavy (non-hydrogen) atoms. The van der Waals surface area contributed by atoms with E-state index in [1.165, 1.54) is 38.5 Å². The third kappa shape index (κ3) is 2.97. The van der Waals surface area contributed by atoms with Crippen molar-refractivity contribution >= 4 is 5.69 Å². The first-order valence-corrected chi connectivity index (χ1v) is 6.59. The number of nitrogens with zero attached hydrogens (tertiary/aromatic N) is 2. The van der Waals surface area contributed by atoms with Crippen molar-refractivity contribution in [2.75, 3.05) is 11.9 Å². The molecule has 1 N–H and O–H groups in total. The number of rotatable bonds is 3. The predicted molar refractivity (Wildman–Crippen MR) is 70.1 cm³/mol. The van der Waals surface area contributed by atoms with Crippen molar-refractivity contribution in [1.29, 1.82) is 0 Å². The molecule has 0 amide bonds. The molecule has 1 aliphatic rings. The molecule has 1 fully saturated rings. The van der Waals surface area contributed by atoms with Gasteiger partial charge in [-0.15, -0.1) is 0 Å². The number of hydrogen-bond acceptors (Lipinski definition) is 3. The quantitative estimate of drug-likeness (QED) is 0.817. The van der Waals surface area contributed by atoms with E-state index >= 15 is 0 Å². The first kappa shape index (κ1) is 12.4. The zero-order chi connectivity index (χ0) is 12.1. The summed E-state index contributed by atoms with van der Waals surface area (Å²) in [5, 5.41) is 9.37. The van der Waals surface area contributed by atoms with E-state index in [0.29, 0.717) is 6.04 Å². The van der Waals surface area contributed by atoms with Crippen LogP contribution in [-0.4, -0.2) is 23.2 Å². The second-order valence-electron chi connectivity index (χ2n) is 4.92. The van der Waals surface area contributed by atoms with Crippen molar-refractivity contribution in [2.24, 2.45) is 0 Å². The van der Waals surface area contributed by atoms with Crippen LogP contribution in [0.15, 0.2) is 18.5 Å². The van der Waals surface area contributed by atoms with Crippen molar-refractivity contribution in [3.63, 3.8) is 0 Å². The van der Waals surface area contributed by atoms with Crippen LogP contribution in [0, 0.1) is 0 Å². The number of pyridine rings is 1. The van der Waals surface area contributed by atoms with Crippen molar-refractivity contribution in [3.05, 3.63) is 24.0 Å². The van der Waals surface area contributed by atoms with Crippen LogP contribution in [0.1, 0.15) is 44.1 Å². The molecule has 1 saturated carbocycles. The predicted octanol–water partition coefficient (Wildman–Crippen LogP) is 2.73. The summed E-state index contributed by atoms with van der Waals surface area (Å²) in [5.41, 5.74) is 2.06. The Morgan fingerprint density at radius 2 is 2.00 bits per heavy atom. The molecule has 94 valence electrons. The first-order chi connectivity index (χ1) is 8.33. The SMILES string of the molecule is CN(c1cnccc1CO)C1CCCCCC1. The van der Waals surface area contributed by atoms with Crippen molar-refractivity contribution in [3.8, 4) is 0 Å². The summed E-state index contributed by atoms with van der Waals surface area (Å²) in [5.74, 6) is 0. The number of anilines is 1. The lowest BCUT2D eigenvalue weighted by molar-refractivity contribution is 0.281. The van der Waals surface area contributed by atoms with Crippen LogP contribution in [-0.2, 0) is 6.61 Å². The minimum Gasteiger partial charge on any atom is -0.392 e. The minimum absolute atomic E-state index is 0.0922. The van der Waals surface area contributed by atoms with Crippen molar-refractivity contribution in [1.82, 2.24) is 4.98 Å². The van der Waals surface area contributed by atoms with Gasteiger partial charge in [-0.1, -0.05) is 25.7 Å².